The second-order valence-electron chi connectivity index (χ2n) is 6.37. The fourth-order valence-corrected chi connectivity index (χ4v) is 4.32. The molecular weight excluding hydrogens is 324 g/mol. The van der Waals surface area contributed by atoms with Crippen molar-refractivity contribution in [3.63, 3.8) is 0 Å². The van der Waals surface area contributed by atoms with Crippen LogP contribution in [-0.4, -0.2) is 46.2 Å². The number of amides is 1. The molecule has 1 unspecified atom stereocenters. The van der Waals surface area contributed by atoms with Crippen molar-refractivity contribution in [1.82, 2.24) is 15.3 Å². The van der Waals surface area contributed by atoms with Gasteiger partial charge in [-0.1, -0.05) is 12.2 Å². The number of fused-ring (bicyclic) bond motifs is 1. The zero-order valence-electron chi connectivity index (χ0n) is 13.3. The molecule has 0 spiro atoms. The predicted molar refractivity (Wildman–Crippen MR) is 94.0 cm³/mol. The normalized spacial score (nSPS) is 26.4. The van der Waals surface area contributed by atoms with Crippen molar-refractivity contribution in [1.29, 1.82) is 0 Å². The molecule has 1 fully saturated rings. The van der Waals surface area contributed by atoms with E-state index in [1.54, 1.807) is 17.7 Å². The van der Waals surface area contributed by atoms with Gasteiger partial charge in [-0.3, -0.25) is 4.79 Å². The topological polar surface area (TPSA) is 78.4 Å². The van der Waals surface area contributed by atoms with Gasteiger partial charge in [0.05, 0.1) is 5.39 Å². The number of carbonyl (C=O) groups is 1. The van der Waals surface area contributed by atoms with E-state index >= 15 is 0 Å². The van der Waals surface area contributed by atoms with Crippen LogP contribution in [0.3, 0.4) is 0 Å². The molecule has 1 aliphatic carbocycles. The molecule has 126 valence electrons. The number of anilines is 1. The van der Waals surface area contributed by atoms with Gasteiger partial charge in [0.15, 0.2) is 0 Å². The number of carbonyl (C=O) groups excluding carboxylic acids is 1. The third-order valence-corrected chi connectivity index (χ3v) is 5.62. The number of aliphatic hydroxyl groups excluding tert-OH is 1. The summed E-state index contributed by atoms with van der Waals surface area (Å²) in [5, 5.41) is 15.3. The van der Waals surface area contributed by atoms with Crippen LogP contribution in [-0.2, 0) is 4.79 Å². The molecule has 0 bridgehead atoms. The molecule has 6 nitrogen and oxygen atoms in total. The van der Waals surface area contributed by atoms with Gasteiger partial charge in [0.1, 0.15) is 23.0 Å². The van der Waals surface area contributed by atoms with Crippen LogP contribution in [0.5, 0.6) is 0 Å². The quantitative estimate of drug-likeness (QED) is 0.826. The number of hydrogen-bond donors (Lipinski definition) is 2. The summed E-state index contributed by atoms with van der Waals surface area (Å²) in [6, 6.07) is 1.85. The van der Waals surface area contributed by atoms with Crippen molar-refractivity contribution in [3.05, 3.63) is 29.9 Å². The minimum atomic E-state index is -0.190. The van der Waals surface area contributed by atoms with Gasteiger partial charge < -0.3 is 15.3 Å². The van der Waals surface area contributed by atoms with Crippen LogP contribution >= 0.6 is 11.3 Å². The largest absolute Gasteiger partial charge is 0.396 e. The Kier molecular flexibility index (Phi) is 4.20. The number of nitrogens with one attached hydrogen (secondary N) is 1. The maximum absolute atomic E-state index is 12.8. The number of rotatable bonds is 4. The van der Waals surface area contributed by atoms with Gasteiger partial charge in [0.2, 0.25) is 5.91 Å². The average molecular weight is 344 g/mol. The molecule has 2 aromatic heterocycles. The first-order valence-electron chi connectivity index (χ1n) is 8.30. The van der Waals surface area contributed by atoms with Crippen LogP contribution < -0.4 is 10.2 Å². The van der Waals surface area contributed by atoms with Gasteiger partial charge in [0.25, 0.3) is 0 Å². The van der Waals surface area contributed by atoms with Crippen molar-refractivity contribution in [2.75, 3.05) is 18.1 Å². The molecule has 2 aliphatic rings. The predicted octanol–water partition coefficient (Wildman–Crippen LogP) is 1.71. The molecule has 1 amide bonds. The summed E-state index contributed by atoms with van der Waals surface area (Å²) in [5.74, 6) is 1.05. The Morgan fingerprint density at radius 2 is 2.33 bits per heavy atom. The van der Waals surface area contributed by atoms with Crippen LogP contribution in [0.25, 0.3) is 10.2 Å². The summed E-state index contributed by atoms with van der Waals surface area (Å²) in [4.78, 5) is 24.6. The summed E-state index contributed by atoms with van der Waals surface area (Å²) < 4.78 is 0. The Morgan fingerprint density at radius 1 is 1.42 bits per heavy atom. The molecule has 0 aromatic carbocycles. The highest BCUT2D eigenvalue weighted by atomic mass is 32.1. The monoisotopic (exact) mass is 344 g/mol. The van der Waals surface area contributed by atoms with E-state index in [1.807, 2.05) is 23.6 Å². The molecular formula is C17H20N4O2S. The van der Waals surface area contributed by atoms with Crippen LogP contribution in [0.15, 0.2) is 29.9 Å². The number of aliphatic hydroxyl groups is 1. The lowest BCUT2D eigenvalue weighted by Gasteiger charge is -2.26. The Hall–Kier alpha value is -1.99. The van der Waals surface area contributed by atoms with Gasteiger partial charge in [-0.25, -0.2) is 9.97 Å². The van der Waals surface area contributed by atoms with Crippen molar-refractivity contribution in [2.45, 2.75) is 31.3 Å². The SMILES string of the molecule is O=C(N[C@@H]1C=C[C@H](CO)C1)C1CCCN1c1ncnc2sccc12. The average Bonchev–Trinajstić information content (AvgIpc) is 3.33. The van der Waals surface area contributed by atoms with E-state index < -0.39 is 0 Å². The van der Waals surface area contributed by atoms with Crippen LogP contribution in [0.1, 0.15) is 19.3 Å². The highest BCUT2D eigenvalue weighted by Gasteiger charge is 2.34. The standard InChI is InChI=1S/C17H20N4O2S/c22-9-11-3-4-12(8-11)20-16(23)14-2-1-6-21(14)15-13-5-7-24-17(13)19-10-18-15/h3-5,7,10-12,14,22H,1-2,6,8-9H2,(H,20,23)/t11-,12+,14?/m0/s1. The van der Waals surface area contributed by atoms with E-state index in [0.717, 1.165) is 41.8 Å². The molecule has 3 atom stereocenters. The first kappa shape index (κ1) is 15.5. The lowest BCUT2D eigenvalue weighted by molar-refractivity contribution is -0.122. The van der Waals surface area contributed by atoms with Gasteiger partial charge in [-0.2, -0.15) is 0 Å². The Balaban J connectivity index is 1.52. The molecule has 1 aliphatic heterocycles. The Morgan fingerprint density at radius 3 is 3.17 bits per heavy atom. The van der Waals surface area contributed by atoms with Gasteiger partial charge in [-0.05, 0) is 30.7 Å². The van der Waals surface area contributed by atoms with E-state index in [0.29, 0.717) is 0 Å². The van der Waals surface area contributed by atoms with Crippen molar-refractivity contribution in [3.8, 4) is 0 Å². The van der Waals surface area contributed by atoms with E-state index in [2.05, 4.69) is 20.2 Å². The maximum atomic E-state index is 12.8. The fraction of sp³-hybridized carbons (Fsp3) is 0.471. The lowest BCUT2D eigenvalue weighted by atomic mass is 10.1. The summed E-state index contributed by atoms with van der Waals surface area (Å²) >= 11 is 1.59. The van der Waals surface area contributed by atoms with E-state index in [9.17, 15) is 9.90 Å². The van der Waals surface area contributed by atoms with Crippen LogP contribution in [0, 0.1) is 5.92 Å². The number of hydrogen-bond acceptors (Lipinski definition) is 6. The third-order valence-electron chi connectivity index (χ3n) is 4.80. The van der Waals surface area contributed by atoms with Crippen LogP contribution in [0.4, 0.5) is 5.82 Å². The fourth-order valence-electron chi connectivity index (χ4n) is 3.59. The van der Waals surface area contributed by atoms with E-state index in [1.165, 1.54) is 0 Å². The van der Waals surface area contributed by atoms with Gasteiger partial charge >= 0.3 is 0 Å². The Labute approximate surface area is 144 Å². The summed E-state index contributed by atoms with van der Waals surface area (Å²) in [7, 11) is 0. The number of thiophene rings is 1. The zero-order valence-corrected chi connectivity index (χ0v) is 14.1. The van der Waals surface area contributed by atoms with E-state index in [-0.39, 0.29) is 30.5 Å². The minimum absolute atomic E-state index is 0.0173. The highest BCUT2D eigenvalue weighted by Crippen LogP contribution is 2.32. The maximum Gasteiger partial charge on any atom is 0.243 e. The molecule has 0 saturated carbocycles. The first-order chi connectivity index (χ1) is 11.8. The van der Waals surface area contributed by atoms with Crippen molar-refractivity contribution >= 4 is 33.3 Å². The molecule has 3 heterocycles. The van der Waals surface area contributed by atoms with Gasteiger partial charge in [0, 0.05) is 25.1 Å². The molecule has 0 radical (unpaired) electrons. The molecule has 2 N–H and O–H groups in total. The molecule has 7 heteroatoms. The smallest absolute Gasteiger partial charge is 0.243 e. The summed E-state index contributed by atoms with van der Waals surface area (Å²) in [5.41, 5.74) is 0. The molecule has 24 heavy (non-hydrogen) atoms. The minimum Gasteiger partial charge on any atom is -0.396 e. The number of aromatic nitrogens is 2. The van der Waals surface area contributed by atoms with Crippen molar-refractivity contribution < 1.29 is 9.90 Å². The highest BCUT2D eigenvalue weighted by molar-refractivity contribution is 7.16. The number of nitrogens with zero attached hydrogens (tertiary/aromatic N) is 3. The lowest BCUT2D eigenvalue weighted by Crippen LogP contribution is -2.46. The third kappa shape index (κ3) is 2.78. The first-order valence-corrected chi connectivity index (χ1v) is 9.18. The second-order valence-corrected chi connectivity index (χ2v) is 7.26. The van der Waals surface area contributed by atoms with Crippen LogP contribution in [0.2, 0.25) is 0 Å². The van der Waals surface area contributed by atoms with E-state index in [4.69, 9.17) is 0 Å². The Bertz CT molecular complexity index is 775. The second kappa shape index (κ2) is 6.49. The van der Waals surface area contributed by atoms with Crippen molar-refractivity contribution in [2.24, 2.45) is 5.92 Å². The van der Waals surface area contributed by atoms with Gasteiger partial charge in [-0.15, -0.1) is 11.3 Å². The molecule has 1 saturated heterocycles. The molecule has 2 aromatic rings. The summed E-state index contributed by atoms with van der Waals surface area (Å²) in [6.07, 6.45) is 8.13. The summed E-state index contributed by atoms with van der Waals surface area (Å²) in [6.45, 7) is 0.968. The zero-order chi connectivity index (χ0) is 16.5. The molecule has 4 rings (SSSR count).